The van der Waals surface area contributed by atoms with E-state index in [9.17, 15) is 13.2 Å². The Morgan fingerprint density at radius 2 is 2.03 bits per heavy atom. The maximum Gasteiger partial charge on any atom is 0.256 e. The molecule has 3 N–H and O–H groups in total. The number of fused-ring (bicyclic) bond motifs is 1. The standard InChI is InChI=1S/C24H30ClN7O3S/c1-15-13-32-21(27-23(15)30-11-9-16(26)14-30)12-19(28-32)20-8-3-4-10-31(20)24(33)17-6-5-7-18(25)22(17)29-36(2,34)35/h5-7,12-13,16,20,29H,3-4,8-11,14,26H2,1-2H3/t16-,20+/m0/s1. The van der Waals surface area contributed by atoms with E-state index in [0.717, 1.165) is 62.1 Å². The van der Waals surface area contributed by atoms with Crippen LogP contribution in [0.5, 0.6) is 0 Å². The van der Waals surface area contributed by atoms with E-state index in [1.165, 1.54) is 0 Å². The van der Waals surface area contributed by atoms with Crippen molar-refractivity contribution in [3.8, 4) is 0 Å². The van der Waals surface area contributed by atoms with Crippen LogP contribution in [0.3, 0.4) is 0 Å². The van der Waals surface area contributed by atoms with Crippen molar-refractivity contribution in [2.24, 2.45) is 5.73 Å². The third-order valence-corrected chi connectivity index (χ3v) is 7.67. The molecule has 5 rings (SSSR count). The van der Waals surface area contributed by atoms with Crippen LogP contribution in [-0.4, -0.2) is 65.8 Å². The van der Waals surface area contributed by atoms with Crippen LogP contribution in [-0.2, 0) is 10.0 Å². The molecule has 1 amide bonds. The molecule has 0 unspecified atom stereocenters. The summed E-state index contributed by atoms with van der Waals surface area (Å²) >= 11 is 6.28. The molecule has 4 heterocycles. The summed E-state index contributed by atoms with van der Waals surface area (Å²) < 4.78 is 28.0. The van der Waals surface area contributed by atoms with Gasteiger partial charge in [0.05, 0.1) is 34.3 Å². The molecule has 2 fully saturated rings. The number of piperidine rings is 1. The van der Waals surface area contributed by atoms with Crippen molar-refractivity contribution >= 4 is 44.7 Å². The first-order valence-electron chi connectivity index (χ1n) is 12.1. The number of hydrogen-bond acceptors (Lipinski definition) is 7. The molecule has 0 spiro atoms. The number of nitrogens with one attached hydrogen (secondary N) is 1. The first-order chi connectivity index (χ1) is 17.1. The molecule has 192 valence electrons. The number of amides is 1. The van der Waals surface area contributed by atoms with Gasteiger partial charge in [0.1, 0.15) is 5.82 Å². The van der Waals surface area contributed by atoms with Crippen LogP contribution in [0.1, 0.15) is 53.3 Å². The van der Waals surface area contributed by atoms with Gasteiger partial charge in [-0.15, -0.1) is 0 Å². The molecule has 0 saturated carbocycles. The van der Waals surface area contributed by atoms with E-state index >= 15 is 0 Å². The summed E-state index contributed by atoms with van der Waals surface area (Å²) in [5.74, 6) is 0.621. The van der Waals surface area contributed by atoms with Crippen LogP contribution in [0.2, 0.25) is 5.02 Å². The van der Waals surface area contributed by atoms with Crippen LogP contribution < -0.4 is 15.4 Å². The Morgan fingerprint density at radius 3 is 2.75 bits per heavy atom. The molecule has 2 aliphatic rings. The molecule has 2 saturated heterocycles. The Morgan fingerprint density at radius 1 is 1.22 bits per heavy atom. The molecule has 2 atom stereocenters. The molecular formula is C24H30ClN7O3S. The van der Waals surface area contributed by atoms with Crippen molar-refractivity contribution in [2.45, 2.75) is 44.7 Å². The van der Waals surface area contributed by atoms with Gasteiger partial charge in [-0.2, -0.15) is 5.10 Å². The number of carbonyl (C=O) groups excluding carboxylic acids is 1. The number of halogens is 1. The van der Waals surface area contributed by atoms with Crippen molar-refractivity contribution in [2.75, 3.05) is 35.5 Å². The topological polar surface area (TPSA) is 126 Å². The molecule has 3 aromatic rings. The zero-order valence-electron chi connectivity index (χ0n) is 20.3. The highest BCUT2D eigenvalue weighted by atomic mass is 35.5. The number of rotatable bonds is 5. The number of hydrogen-bond donors (Lipinski definition) is 2. The Kier molecular flexibility index (Phi) is 6.56. The molecule has 1 aromatic carbocycles. The first-order valence-corrected chi connectivity index (χ1v) is 14.3. The molecule has 10 nitrogen and oxygen atoms in total. The zero-order chi connectivity index (χ0) is 25.6. The van der Waals surface area contributed by atoms with Gasteiger partial charge in [-0.3, -0.25) is 9.52 Å². The monoisotopic (exact) mass is 531 g/mol. The minimum absolute atomic E-state index is 0.0942. The molecule has 0 aliphatic carbocycles. The quantitative estimate of drug-likeness (QED) is 0.518. The lowest BCUT2D eigenvalue weighted by molar-refractivity contribution is 0.0607. The smallest absolute Gasteiger partial charge is 0.256 e. The predicted molar refractivity (Wildman–Crippen MR) is 140 cm³/mol. The largest absolute Gasteiger partial charge is 0.355 e. The molecule has 0 radical (unpaired) electrons. The number of aryl methyl sites for hydroxylation is 1. The highest BCUT2D eigenvalue weighted by molar-refractivity contribution is 7.92. The van der Waals surface area contributed by atoms with Crippen molar-refractivity contribution in [1.82, 2.24) is 19.5 Å². The Balaban J connectivity index is 1.49. The van der Waals surface area contributed by atoms with Gasteiger partial charge in [0.15, 0.2) is 5.65 Å². The van der Waals surface area contributed by atoms with E-state index in [2.05, 4.69) is 9.62 Å². The second kappa shape index (κ2) is 9.53. The van der Waals surface area contributed by atoms with Gasteiger partial charge in [0.2, 0.25) is 10.0 Å². The molecule has 12 heteroatoms. The second-order valence-electron chi connectivity index (χ2n) is 9.66. The summed E-state index contributed by atoms with van der Waals surface area (Å²) in [5, 5.41) is 4.95. The Bertz CT molecular complexity index is 1420. The lowest BCUT2D eigenvalue weighted by Gasteiger charge is -2.35. The number of sulfonamides is 1. The van der Waals surface area contributed by atoms with Crippen LogP contribution in [0.25, 0.3) is 5.65 Å². The Labute approximate surface area is 215 Å². The van der Waals surface area contributed by atoms with Crippen molar-refractivity contribution in [3.63, 3.8) is 0 Å². The number of nitrogens with zero attached hydrogens (tertiary/aromatic N) is 5. The summed E-state index contributed by atoms with van der Waals surface area (Å²) in [6.45, 7) is 4.20. The van der Waals surface area contributed by atoms with E-state index in [4.69, 9.17) is 27.4 Å². The summed E-state index contributed by atoms with van der Waals surface area (Å²) in [4.78, 5) is 22.6. The van der Waals surface area contributed by atoms with Gasteiger partial charge in [-0.25, -0.2) is 17.9 Å². The van der Waals surface area contributed by atoms with Crippen molar-refractivity contribution in [3.05, 3.63) is 52.3 Å². The van der Waals surface area contributed by atoms with E-state index < -0.39 is 10.0 Å². The van der Waals surface area contributed by atoms with E-state index in [0.29, 0.717) is 12.2 Å². The van der Waals surface area contributed by atoms with E-state index in [-0.39, 0.29) is 34.3 Å². The number of aromatic nitrogens is 3. The third kappa shape index (κ3) is 4.87. The normalized spacial score (nSPS) is 20.8. The van der Waals surface area contributed by atoms with Crippen molar-refractivity contribution in [1.29, 1.82) is 0 Å². The summed E-state index contributed by atoms with van der Waals surface area (Å²) in [7, 11) is -3.63. The number of nitrogens with two attached hydrogens (primary N) is 1. The van der Waals surface area contributed by atoms with Gasteiger partial charge in [-0.05, 0) is 44.7 Å². The van der Waals surface area contributed by atoms with Gasteiger partial charge in [0, 0.05) is 43.5 Å². The summed E-state index contributed by atoms with van der Waals surface area (Å²) in [6.07, 6.45) is 6.49. The number of anilines is 2. The van der Waals surface area contributed by atoms with Crippen LogP contribution in [0, 0.1) is 6.92 Å². The number of likely N-dealkylation sites (tertiary alicyclic amines) is 1. The highest BCUT2D eigenvalue weighted by Crippen LogP contribution is 2.35. The lowest BCUT2D eigenvalue weighted by Crippen LogP contribution is -2.39. The second-order valence-corrected chi connectivity index (χ2v) is 11.8. The molecule has 0 bridgehead atoms. The Hall–Kier alpha value is -2.89. The predicted octanol–water partition coefficient (Wildman–Crippen LogP) is 2.97. The third-order valence-electron chi connectivity index (χ3n) is 6.78. The number of para-hydroxylation sites is 1. The molecule has 2 aliphatic heterocycles. The van der Waals surface area contributed by atoms with E-state index in [1.54, 1.807) is 27.6 Å². The number of benzene rings is 1. The fraction of sp³-hybridized carbons (Fsp3) is 0.458. The average Bonchev–Trinajstić information content (AvgIpc) is 3.44. The molecule has 36 heavy (non-hydrogen) atoms. The average molecular weight is 532 g/mol. The minimum Gasteiger partial charge on any atom is -0.355 e. The highest BCUT2D eigenvalue weighted by Gasteiger charge is 2.33. The lowest BCUT2D eigenvalue weighted by atomic mass is 9.98. The van der Waals surface area contributed by atoms with Crippen LogP contribution >= 0.6 is 11.6 Å². The minimum atomic E-state index is -3.63. The van der Waals surface area contributed by atoms with Gasteiger partial charge in [0.25, 0.3) is 5.91 Å². The first kappa shape index (κ1) is 24.8. The fourth-order valence-corrected chi connectivity index (χ4v) is 5.98. The van der Waals surface area contributed by atoms with Crippen LogP contribution in [0.15, 0.2) is 30.5 Å². The summed E-state index contributed by atoms with van der Waals surface area (Å²) in [6, 6.07) is 6.62. The maximum atomic E-state index is 13.7. The maximum absolute atomic E-state index is 13.7. The molecular weight excluding hydrogens is 502 g/mol. The fourth-order valence-electron chi connectivity index (χ4n) is 5.11. The van der Waals surface area contributed by atoms with Gasteiger partial charge >= 0.3 is 0 Å². The number of carbonyl (C=O) groups is 1. The SMILES string of the molecule is Cc1cn2nc([C@H]3CCCCN3C(=O)c3cccc(Cl)c3NS(C)(=O)=O)cc2nc1N1CC[C@H](N)C1. The zero-order valence-corrected chi connectivity index (χ0v) is 21.9. The van der Waals surface area contributed by atoms with Gasteiger partial charge < -0.3 is 15.5 Å². The molecule has 2 aromatic heterocycles. The van der Waals surface area contributed by atoms with Gasteiger partial charge in [-0.1, -0.05) is 17.7 Å². The van der Waals surface area contributed by atoms with Crippen LogP contribution in [0.4, 0.5) is 11.5 Å². The van der Waals surface area contributed by atoms with E-state index in [1.807, 2.05) is 19.2 Å². The van der Waals surface area contributed by atoms with Crippen molar-refractivity contribution < 1.29 is 13.2 Å². The summed E-state index contributed by atoms with van der Waals surface area (Å²) in [5.41, 5.74) is 8.89.